The molecule has 0 radical (unpaired) electrons. The molecular weight excluding hydrogens is 370 g/mol. The Balaban J connectivity index is 1.49. The van der Waals surface area contributed by atoms with Crippen LogP contribution in [0.4, 0.5) is 0 Å². The molecule has 0 N–H and O–H groups in total. The Morgan fingerprint density at radius 3 is 2.62 bits per heavy atom. The molecule has 3 heterocycles. The van der Waals surface area contributed by atoms with Crippen LogP contribution in [0.15, 0.2) is 25.8 Å². The summed E-state index contributed by atoms with van der Waals surface area (Å²) in [6.07, 6.45) is 5.03. The minimum absolute atomic E-state index is 0.0616. The van der Waals surface area contributed by atoms with Gasteiger partial charge in [-0.25, -0.2) is 4.79 Å². The fraction of sp³-hybridized carbons (Fsp3) is 0.478. The first kappa shape index (κ1) is 18.4. The Bertz CT molecular complexity index is 1150. The zero-order chi connectivity index (χ0) is 20.0. The first-order valence-corrected chi connectivity index (χ1v) is 10.5. The summed E-state index contributed by atoms with van der Waals surface area (Å²) in [4.78, 5) is 26.9. The van der Waals surface area contributed by atoms with E-state index in [1.165, 1.54) is 12.0 Å². The number of morpholine rings is 1. The molecule has 1 aromatic carbocycles. The molecular formula is C23H25NO5. The van der Waals surface area contributed by atoms with E-state index in [0.717, 1.165) is 46.9 Å². The summed E-state index contributed by atoms with van der Waals surface area (Å²) >= 11 is 0. The Hall–Kier alpha value is -2.60. The molecule has 0 saturated carbocycles. The van der Waals surface area contributed by atoms with Crippen molar-refractivity contribution >= 4 is 27.8 Å². The molecule has 2 aromatic heterocycles. The van der Waals surface area contributed by atoms with Gasteiger partial charge in [-0.15, -0.1) is 0 Å². The first-order chi connectivity index (χ1) is 14.1. The minimum atomic E-state index is -0.361. The van der Waals surface area contributed by atoms with Crippen molar-refractivity contribution in [2.45, 2.75) is 45.4 Å². The Morgan fingerprint density at radius 1 is 1.03 bits per heavy atom. The van der Waals surface area contributed by atoms with Gasteiger partial charge in [0.2, 0.25) is 5.91 Å². The number of rotatable bonds is 3. The van der Waals surface area contributed by atoms with Gasteiger partial charge in [-0.2, -0.15) is 0 Å². The summed E-state index contributed by atoms with van der Waals surface area (Å²) in [7, 11) is 0. The maximum Gasteiger partial charge on any atom is 0.339 e. The van der Waals surface area contributed by atoms with Crippen molar-refractivity contribution < 1.29 is 18.4 Å². The van der Waals surface area contributed by atoms with Gasteiger partial charge in [0.05, 0.1) is 13.2 Å². The van der Waals surface area contributed by atoms with Gasteiger partial charge in [0.15, 0.2) is 0 Å². The van der Waals surface area contributed by atoms with Gasteiger partial charge in [0.25, 0.3) is 0 Å². The number of carbonyl (C=O) groups is 1. The number of carbonyl (C=O) groups excluding carboxylic acids is 1. The maximum absolute atomic E-state index is 12.6. The van der Waals surface area contributed by atoms with Crippen molar-refractivity contribution in [1.82, 2.24) is 4.90 Å². The topological polar surface area (TPSA) is 72.9 Å². The second-order valence-electron chi connectivity index (χ2n) is 8.04. The van der Waals surface area contributed by atoms with Crippen LogP contribution in [0, 0.1) is 6.92 Å². The molecule has 0 spiro atoms. The Morgan fingerprint density at radius 2 is 1.79 bits per heavy atom. The number of fused-ring (bicyclic) bond motifs is 4. The van der Waals surface area contributed by atoms with Crippen molar-refractivity contribution in [1.29, 1.82) is 0 Å². The van der Waals surface area contributed by atoms with Crippen LogP contribution < -0.4 is 5.63 Å². The van der Waals surface area contributed by atoms with Crippen molar-refractivity contribution in [2.24, 2.45) is 0 Å². The van der Waals surface area contributed by atoms with Crippen LogP contribution >= 0.6 is 0 Å². The highest BCUT2D eigenvalue weighted by molar-refractivity contribution is 5.97. The highest BCUT2D eigenvalue weighted by Gasteiger charge is 2.22. The first-order valence-electron chi connectivity index (χ1n) is 10.5. The molecule has 0 atom stereocenters. The van der Waals surface area contributed by atoms with Gasteiger partial charge in [0.1, 0.15) is 16.9 Å². The normalized spacial score (nSPS) is 17.1. The van der Waals surface area contributed by atoms with Gasteiger partial charge < -0.3 is 18.5 Å². The molecule has 3 aromatic rings. The number of nitrogens with zero attached hydrogens (tertiary/aromatic N) is 1. The fourth-order valence-corrected chi connectivity index (χ4v) is 4.64. The van der Waals surface area contributed by atoms with Crippen molar-refractivity contribution in [2.75, 3.05) is 26.3 Å². The number of aryl methyl sites for hydroxylation is 3. The minimum Gasteiger partial charge on any atom is -0.461 e. The number of amides is 1. The van der Waals surface area contributed by atoms with E-state index in [-0.39, 0.29) is 11.5 Å². The number of furan rings is 1. The Kier molecular flexibility index (Phi) is 4.66. The molecule has 1 fully saturated rings. The average molecular weight is 395 g/mol. The van der Waals surface area contributed by atoms with Crippen LogP contribution in [-0.4, -0.2) is 37.1 Å². The van der Waals surface area contributed by atoms with Crippen LogP contribution in [0.25, 0.3) is 21.9 Å². The third-order valence-electron chi connectivity index (χ3n) is 6.32. The van der Waals surface area contributed by atoms with Crippen molar-refractivity contribution in [3.05, 3.63) is 45.0 Å². The van der Waals surface area contributed by atoms with E-state index in [1.54, 1.807) is 0 Å². The molecule has 6 nitrogen and oxygen atoms in total. The van der Waals surface area contributed by atoms with Crippen LogP contribution in [0.1, 0.15) is 41.7 Å². The molecule has 2 aliphatic rings. The number of ether oxygens (including phenoxy) is 1. The quantitative estimate of drug-likeness (QED) is 0.635. The lowest BCUT2D eigenvalue weighted by Gasteiger charge is -2.26. The molecule has 152 valence electrons. The van der Waals surface area contributed by atoms with E-state index < -0.39 is 0 Å². The van der Waals surface area contributed by atoms with Crippen molar-refractivity contribution in [3.8, 4) is 0 Å². The molecule has 6 heteroatoms. The zero-order valence-corrected chi connectivity index (χ0v) is 16.7. The lowest BCUT2D eigenvalue weighted by molar-refractivity contribution is -0.135. The zero-order valence-electron chi connectivity index (χ0n) is 16.7. The summed E-state index contributed by atoms with van der Waals surface area (Å²) in [5.41, 5.74) is 3.77. The smallest absolute Gasteiger partial charge is 0.339 e. The van der Waals surface area contributed by atoms with Crippen LogP contribution in [-0.2, 0) is 28.8 Å². The van der Waals surface area contributed by atoms with E-state index >= 15 is 0 Å². The molecule has 5 rings (SSSR count). The average Bonchev–Trinajstić information content (AvgIpc) is 3.10. The van der Waals surface area contributed by atoms with Gasteiger partial charge in [-0.1, -0.05) is 0 Å². The molecule has 0 bridgehead atoms. The highest BCUT2D eigenvalue weighted by atomic mass is 16.5. The van der Waals surface area contributed by atoms with Crippen LogP contribution in [0.3, 0.4) is 0 Å². The fourth-order valence-electron chi connectivity index (χ4n) is 4.64. The largest absolute Gasteiger partial charge is 0.461 e. The van der Waals surface area contributed by atoms with Gasteiger partial charge in [0, 0.05) is 53.9 Å². The summed E-state index contributed by atoms with van der Waals surface area (Å²) < 4.78 is 17.0. The lowest BCUT2D eigenvalue weighted by Crippen LogP contribution is -2.40. The van der Waals surface area contributed by atoms with Crippen LogP contribution in [0.2, 0.25) is 0 Å². The lowest BCUT2D eigenvalue weighted by atomic mass is 9.94. The van der Waals surface area contributed by atoms with Gasteiger partial charge >= 0.3 is 5.63 Å². The number of hydrogen-bond acceptors (Lipinski definition) is 5. The standard InChI is InChI=1S/C23H25NO5/c1-14-15(6-7-22(25)24-8-10-27-11-9-24)23(26)29-20-13-21-18(12-17(14)20)16-4-2-3-5-19(16)28-21/h12-13H,2-11H2,1H3. The van der Waals surface area contributed by atoms with E-state index in [1.807, 2.05) is 17.9 Å². The van der Waals surface area contributed by atoms with E-state index in [4.69, 9.17) is 13.6 Å². The summed E-state index contributed by atoms with van der Waals surface area (Å²) in [5.74, 6) is 1.13. The second-order valence-corrected chi connectivity index (χ2v) is 8.04. The molecule has 1 amide bonds. The number of benzene rings is 1. The molecule has 1 aliphatic carbocycles. The van der Waals surface area contributed by atoms with E-state index in [9.17, 15) is 9.59 Å². The monoisotopic (exact) mass is 395 g/mol. The third kappa shape index (κ3) is 3.25. The van der Waals surface area contributed by atoms with E-state index in [2.05, 4.69) is 6.07 Å². The SMILES string of the molecule is Cc1c(CCC(=O)N2CCOCC2)c(=O)oc2cc3oc4c(c3cc12)CCCC4. The summed E-state index contributed by atoms with van der Waals surface area (Å²) in [5, 5.41) is 2.06. The third-order valence-corrected chi connectivity index (χ3v) is 6.32. The molecule has 0 unspecified atom stereocenters. The molecule has 1 saturated heterocycles. The summed E-state index contributed by atoms with van der Waals surface area (Å²) in [6.45, 7) is 4.34. The Labute approximate surface area is 168 Å². The van der Waals surface area contributed by atoms with Crippen LogP contribution in [0.5, 0.6) is 0 Å². The van der Waals surface area contributed by atoms with Crippen molar-refractivity contribution in [3.63, 3.8) is 0 Å². The molecule has 1 aliphatic heterocycles. The second kappa shape index (κ2) is 7.34. The maximum atomic E-state index is 12.6. The summed E-state index contributed by atoms with van der Waals surface area (Å²) in [6, 6.07) is 3.95. The predicted octanol–water partition coefficient (Wildman–Crippen LogP) is 3.52. The van der Waals surface area contributed by atoms with Gasteiger partial charge in [-0.05, 0) is 44.2 Å². The highest BCUT2D eigenvalue weighted by Crippen LogP contribution is 2.35. The predicted molar refractivity (Wildman–Crippen MR) is 109 cm³/mol. The van der Waals surface area contributed by atoms with E-state index in [0.29, 0.717) is 50.3 Å². The number of hydrogen-bond donors (Lipinski definition) is 0. The van der Waals surface area contributed by atoms with Gasteiger partial charge in [-0.3, -0.25) is 4.79 Å². The molecule has 29 heavy (non-hydrogen) atoms.